The van der Waals surface area contributed by atoms with Crippen LogP contribution in [0.4, 0.5) is 0 Å². The van der Waals surface area contributed by atoms with Gasteiger partial charge in [-0.2, -0.15) is 0 Å². The summed E-state index contributed by atoms with van der Waals surface area (Å²) in [5.41, 5.74) is 0. The summed E-state index contributed by atoms with van der Waals surface area (Å²) in [5, 5.41) is 0. The molecular formula is C30H63NO3P+. The second kappa shape index (κ2) is 23.0. The zero-order valence-electron chi connectivity index (χ0n) is 24.4. The largest absolute Gasteiger partial charge is 0.385 e. The Labute approximate surface area is 220 Å². The maximum Gasteiger partial charge on any atom is 0.385 e. The summed E-state index contributed by atoms with van der Waals surface area (Å²) in [5.74, 6) is -0.348. The summed E-state index contributed by atoms with van der Waals surface area (Å²) in [6.07, 6.45) is 31.8. The molecule has 2 unspecified atom stereocenters. The van der Waals surface area contributed by atoms with E-state index in [9.17, 15) is 9.46 Å². The highest BCUT2D eigenvalue weighted by molar-refractivity contribution is 7.53. The fraction of sp³-hybridized carbons (Fsp3) is 0.933. The molecule has 0 aliphatic rings. The molecule has 0 saturated heterocycles. The lowest BCUT2D eigenvalue weighted by Crippen LogP contribution is -2.44. The monoisotopic (exact) mass is 516 g/mol. The highest BCUT2D eigenvalue weighted by Crippen LogP contribution is 2.51. The van der Waals surface area contributed by atoms with Crippen LogP contribution in [0.25, 0.3) is 0 Å². The Hall–Kier alpha value is -0.150. The number of nitrogens with zero attached hydrogens (tertiary/aromatic N) is 1. The molecule has 0 bridgehead atoms. The topological polar surface area (TPSA) is 46.5 Å². The van der Waals surface area contributed by atoms with Crippen molar-refractivity contribution in [1.82, 2.24) is 0 Å². The number of rotatable bonds is 26. The van der Waals surface area contributed by atoms with E-state index in [2.05, 4.69) is 19.1 Å². The molecule has 0 spiro atoms. The Kier molecular flexibility index (Phi) is 22.9. The molecule has 0 aliphatic carbocycles. The van der Waals surface area contributed by atoms with Crippen molar-refractivity contribution in [3.05, 3.63) is 12.2 Å². The number of allylic oxidation sites excluding steroid dienone is 2. The minimum absolute atomic E-state index is 0.348. The molecule has 0 heterocycles. The van der Waals surface area contributed by atoms with Crippen molar-refractivity contribution in [3.63, 3.8) is 0 Å². The fourth-order valence-electron chi connectivity index (χ4n) is 4.91. The van der Waals surface area contributed by atoms with Gasteiger partial charge in [0.15, 0.2) is 5.78 Å². The van der Waals surface area contributed by atoms with Gasteiger partial charge < -0.3 is 13.9 Å². The molecule has 0 aliphatic heterocycles. The molecule has 4 nitrogen and oxygen atoms in total. The molecule has 35 heavy (non-hydrogen) atoms. The van der Waals surface area contributed by atoms with E-state index in [4.69, 9.17) is 4.52 Å². The molecule has 2 atom stereocenters. The van der Waals surface area contributed by atoms with Gasteiger partial charge in [-0.3, -0.25) is 4.57 Å². The Morgan fingerprint density at radius 1 is 0.657 bits per heavy atom. The van der Waals surface area contributed by atoms with E-state index >= 15 is 0 Å². The van der Waals surface area contributed by atoms with Gasteiger partial charge in [0.1, 0.15) is 0 Å². The first-order chi connectivity index (χ1) is 16.8. The molecule has 0 fully saturated rings. The average Bonchev–Trinajstić information content (AvgIpc) is 2.78. The van der Waals surface area contributed by atoms with E-state index in [1.54, 1.807) is 0 Å². The van der Waals surface area contributed by atoms with Crippen LogP contribution in [-0.2, 0) is 9.09 Å². The van der Waals surface area contributed by atoms with Gasteiger partial charge in [0.25, 0.3) is 0 Å². The van der Waals surface area contributed by atoms with Crippen LogP contribution < -0.4 is 0 Å². The smallest absolute Gasteiger partial charge is 0.320 e. The first kappa shape index (κ1) is 34.9. The van der Waals surface area contributed by atoms with Crippen LogP contribution in [0.2, 0.25) is 0 Å². The molecule has 0 saturated carbocycles. The van der Waals surface area contributed by atoms with Crippen molar-refractivity contribution in [2.75, 3.05) is 27.7 Å². The first-order valence-electron chi connectivity index (χ1n) is 15.2. The third-order valence-electron chi connectivity index (χ3n) is 7.07. The van der Waals surface area contributed by atoms with Crippen molar-refractivity contribution in [1.29, 1.82) is 0 Å². The van der Waals surface area contributed by atoms with Gasteiger partial charge in [-0.05, 0) is 32.1 Å². The summed E-state index contributed by atoms with van der Waals surface area (Å²) < 4.78 is 18.4. The molecule has 5 heteroatoms. The SMILES string of the molecule is CCCCCCCC/C=C\CCCCCCCCCCCCCCOP(=O)(O)C(CC)[N+](C)(C)C. The van der Waals surface area contributed by atoms with Crippen LogP contribution in [0.15, 0.2) is 12.2 Å². The number of quaternary nitrogens is 1. The maximum absolute atomic E-state index is 12.5. The molecule has 0 amide bonds. The minimum Gasteiger partial charge on any atom is -0.320 e. The Balaban J connectivity index is 3.38. The summed E-state index contributed by atoms with van der Waals surface area (Å²) in [6, 6.07) is 0. The van der Waals surface area contributed by atoms with Gasteiger partial charge in [-0.25, -0.2) is 0 Å². The molecule has 0 aromatic rings. The second-order valence-electron chi connectivity index (χ2n) is 11.5. The summed E-state index contributed by atoms with van der Waals surface area (Å²) in [7, 11) is 2.31. The molecular weight excluding hydrogens is 453 g/mol. The maximum atomic E-state index is 12.5. The summed E-state index contributed by atoms with van der Waals surface area (Å²) in [4.78, 5) is 10.3. The Bertz CT molecular complexity index is 530. The van der Waals surface area contributed by atoms with Crippen molar-refractivity contribution < 1.29 is 18.5 Å². The van der Waals surface area contributed by atoms with Gasteiger partial charge >= 0.3 is 7.60 Å². The molecule has 0 aromatic carbocycles. The van der Waals surface area contributed by atoms with E-state index in [1.807, 2.05) is 28.1 Å². The van der Waals surface area contributed by atoms with Gasteiger partial charge in [0.2, 0.25) is 0 Å². The minimum atomic E-state index is -3.55. The summed E-state index contributed by atoms with van der Waals surface area (Å²) in [6.45, 7) is 4.64. The normalized spacial score (nSPS) is 15.0. The van der Waals surface area contributed by atoms with Crippen molar-refractivity contribution in [2.45, 2.75) is 154 Å². The zero-order chi connectivity index (χ0) is 26.3. The van der Waals surface area contributed by atoms with Crippen LogP contribution in [0.3, 0.4) is 0 Å². The van der Waals surface area contributed by atoms with Crippen LogP contribution in [0, 0.1) is 0 Å². The molecule has 0 rings (SSSR count). The highest BCUT2D eigenvalue weighted by atomic mass is 31.2. The lowest BCUT2D eigenvalue weighted by Gasteiger charge is -2.35. The van der Waals surface area contributed by atoms with Crippen LogP contribution in [-0.4, -0.2) is 42.9 Å². The van der Waals surface area contributed by atoms with Crippen molar-refractivity contribution in [2.24, 2.45) is 0 Å². The van der Waals surface area contributed by atoms with Crippen molar-refractivity contribution in [3.8, 4) is 0 Å². The summed E-state index contributed by atoms with van der Waals surface area (Å²) >= 11 is 0. The van der Waals surface area contributed by atoms with Crippen molar-refractivity contribution >= 4 is 7.60 Å². The van der Waals surface area contributed by atoms with Gasteiger partial charge in [0, 0.05) is 6.42 Å². The zero-order valence-corrected chi connectivity index (χ0v) is 25.3. The molecule has 0 aromatic heterocycles. The number of hydrogen-bond donors (Lipinski definition) is 1. The van der Waals surface area contributed by atoms with E-state index in [-0.39, 0.29) is 5.78 Å². The van der Waals surface area contributed by atoms with Crippen LogP contribution in [0.1, 0.15) is 149 Å². The number of hydrogen-bond acceptors (Lipinski definition) is 2. The van der Waals surface area contributed by atoms with Gasteiger partial charge in [0.05, 0.1) is 27.7 Å². The average molecular weight is 517 g/mol. The second-order valence-corrected chi connectivity index (χ2v) is 13.4. The molecule has 210 valence electrons. The predicted octanol–water partition coefficient (Wildman–Crippen LogP) is 10.0. The highest BCUT2D eigenvalue weighted by Gasteiger charge is 2.41. The van der Waals surface area contributed by atoms with E-state index < -0.39 is 7.60 Å². The molecule has 0 radical (unpaired) electrons. The van der Waals surface area contributed by atoms with Crippen LogP contribution >= 0.6 is 7.60 Å². The standard InChI is InChI=1S/C30H62NO3P/c1-6-8-9-10-11-12-13-14-15-16-17-18-19-20-21-22-23-24-25-26-27-28-29-34-35(32,33)30(7-2)31(3,4)5/h14-15,30H,6-13,16-29H2,1-5H3/p+1/b15-14-. The lowest BCUT2D eigenvalue weighted by molar-refractivity contribution is -0.883. The quantitative estimate of drug-likeness (QED) is 0.0538. The Morgan fingerprint density at radius 2 is 1.03 bits per heavy atom. The number of unbranched alkanes of at least 4 members (excludes halogenated alkanes) is 18. The third-order valence-corrected chi connectivity index (χ3v) is 9.43. The lowest BCUT2D eigenvalue weighted by atomic mass is 10.0. The van der Waals surface area contributed by atoms with E-state index in [0.29, 0.717) is 17.5 Å². The fourth-order valence-corrected chi connectivity index (χ4v) is 6.81. The first-order valence-corrected chi connectivity index (χ1v) is 16.8. The van der Waals surface area contributed by atoms with Crippen LogP contribution in [0.5, 0.6) is 0 Å². The Morgan fingerprint density at radius 3 is 1.40 bits per heavy atom. The van der Waals surface area contributed by atoms with E-state index in [0.717, 1.165) is 12.8 Å². The predicted molar refractivity (Wildman–Crippen MR) is 155 cm³/mol. The van der Waals surface area contributed by atoms with E-state index in [1.165, 1.54) is 116 Å². The molecule has 1 N–H and O–H groups in total. The third kappa shape index (κ3) is 21.6. The van der Waals surface area contributed by atoms with Gasteiger partial charge in [-0.15, -0.1) is 0 Å². The van der Waals surface area contributed by atoms with Gasteiger partial charge in [-0.1, -0.05) is 122 Å².